The molecule has 0 saturated heterocycles. The maximum absolute atomic E-state index is 12.2. The third-order valence-electron chi connectivity index (χ3n) is 3.59. The number of imidazole rings is 1. The molecule has 2 amide bonds. The number of nitrogen functional groups attached to an aromatic ring is 1. The van der Waals surface area contributed by atoms with E-state index >= 15 is 0 Å². The number of anilines is 3. The molecule has 8 nitrogen and oxygen atoms in total. The summed E-state index contributed by atoms with van der Waals surface area (Å²) >= 11 is 0. The number of carbonyl (C=O) groups excluding carboxylic acids is 2. The molecule has 0 unspecified atom stereocenters. The second kappa shape index (κ2) is 7.39. The SMILES string of the molecule is COC(=O)c1ccc(NC(=O)Nc2cccc(-c3cnc(N)[nH]3)c2)cc1. The van der Waals surface area contributed by atoms with Crippen LogP contribution in [-0.2, 0) is 4.74 Å². The largest absolute Gasteiger partial charge is 0.465 e. The van der Waals surface area contributed by atoms with Crippen LogP contribution < -0.4 is 16.4 Å². The van der Waals surface area contributed by atoms with Crippen LogP contribution in [0, 0.1) is 0 Å². The first kappa shape index (κ1) is 17.0. The number of aromatic amines is 1. The van der Waals surface area contributed by atoms with Gasteiger partial charge in [-0.25, -0.2) is 14.6 Å². The Morgan fingerprint density at radius 1 is 1.08 bits per heavy atom. The van der Waals surface area contributed by atoms with E-state index in [9.17, 15) is 9.59 Å². The average molecular weight is 351 g/mol. The van der Waals surface area contributed by atoms with Gasteiger partial charge in [-0.05, 0) is 36.4 Å². The van der Waals surface area contributed by atoms with Gasteiger partial charge in [0.25, 0.3) is 0 Å². The number of hydrogen-bond acceptors (Lipinski definition) is 5. The molecule has 0 atom stereocenters. The minimum absolute atomic E-state index is 0.325. The second-order valence-electron chi connectivity index (χ2n) is 5.41. The first-order chi connectivity index (χ1) is 12.5. The smallest absolute Gasteiger partial charge is 0.337 e. The predicted molar refractivity (Wildman–Crippen MR) is 98.9 cm³/mol. The summed E-state index contributed by atoms with van der Waals surface area (Å²) in [6, 6.07) is 13.2. The first-order valence-electron chi connectivity index (χ1n) is 7.72. The van der Waals surface area contributed by atoms with Crippen molar-refractivity contribution in [3.05, 3.63) is 60.3 Å². The van der Waals surface area contributed by atoms with Gasteiger partial charge in [-0.15, -0.1) is 0 Å². The summed E-state index contributed by atoms with van der Waals surface area (Å²) in [5.74, 6) is -0.108. The highest BCUT2D eigenvalue weighted by Gasteiger charge is 2.08. The van der Waals surface area contributed by atoms with Gasteiger partial charge in [0.05, 0.1) is 24.6 Å². The summed E-state index contributed by atoms with van der Waals surface area (Å²) in [6.45, 7) is 0. The van der Waals surface area contributed by atoms with Crippen molar-refractivity contribution in [2.75, 3.05) is 23.5 Å². The molecule has 3 rings (SSSR count). The highest BCUT2D eigenvalue weighted by molar-refractivity contribution is 6.00. The summed E-state index contributed by atoms with van der Waals surface area (Å²) in [6.07, 6.45) is 1.62. The maximum Gasteiger partial charge on any atom is 0.337 e. The zero-order valence-corrected chi connectivity index (χ0v) is 13.9. The average Bonchev–Trinajstić information content (AvgIpc) is 3.08. The number of amides is 2. The minimum atomic E-state index is -0.433. The fourth-order valence-corrected chi connectivity index (χ4v) is 2.35. The number of nitrogens with one attached hydrogen (secondary N) is 3. The van der Waals surface area contributed by atoms with E-state index in [1.165, 1.54) is 7.11 Å². The van der Waals surface area contributed by atoms with E-state index < -0.39 is 12.0 Å². The van der Waals surface area contributed by atoms with Crippen LogP contribution in [0.3, 0.4) is 0 Å². The Morgan fingerprint density at radius 3 is 2.46 bits per heavy atom. The van der Waals surface area contributed by atoms with Gasteiger partial charge in [-0.2, -0.15) is 0 Å². The fraction of sp³-hybridized carbons (Fsp3) is 0.0556. The molecule has 0 fully saturated rings. The lowest BCUT2D eigenvalue weighted by molar-refractivity contribution is 0.0601. The third-order valence-corrected chi connectivity index (χ3v) is 3.59. The Labute approximate surface area is 149 Å². The third kappa shape index (κ3) is 3.99. The highest BCUT2D eigenvalue weighted by Crippen LogP contribution is 2.21. The van der Waals surface area contributed by atoms with E-state index in [-0.39, 0.29) is 0 Å². The van der Waals surface area contributed by atoms with Crippen LogP contribution in [0.15, 0.2) is 54.7 Å². The van der Waals surface area contributed by atoms with Crippen molar-refractivity contribution in [2.45, 2.75) is 0 Å². The first-order valence-corrected chi connectivity index (χ1v) is 7.72. The number of methoxy groups -OCH3 is 1. The molecule has 0 radical (unpaired) electrons. The molecule has 5 N–H and O–H groups in total. The van der Waals surface area contributed by atoms with Crippen molar-refractivity contribution in [3.63, 3.8) is 0 Å². The summed E-state index contributed by atoms with van der Waals surface area (Å²) in [5, 5.41) is 5.44. The Balaban J connectivity index is 1.66. The van der Waals surface area contributed by atoms with Crippen molar-refractivity contribution in [1.82, 2.24) is 9.97 Å². The number of benzene rings is 2. The van der Waals surface area contributed by atoms with E-state index in [0.29, 0.717) is 22.9 Å². The van der Waals surface area contributed by atoms with Crippen LogP contribution in [-0.4, -0.2) is 29.1 Å². The van der Waals surface area contributed by atoms with Crippen molar-refractivity contribution in [2.24, 2.45) is 0 Å². The van der Waals surface area contributed by atoms with Crippen molar-refractivity contribution in [1.29, 1.82) is 0 Å². The van der Waals surface area contributed by atoms with Gasteiger partial charge in [0, 0.05) is 16.9 Å². The number of nitrogens with zero attached hydrogens (tertiary/aromatic N) is 1. The zero-order chi connectivity index (χ0) is 18.5. The number of nitrogens with two attached hydrogens (primary N) is 1. The molecule has 1 heterocycles. The summed E-state index contributed by atoms with van der Waals surface area (Å²) < 4.78 is 4.63. The van der Waals surface area contributed by atoms with Crippen molar-refractivity contribution >= 4 is 29.3 Å². The van der Waals surface area contributed by atoms with Crippen LogP contribution >= 0.6 is 0 Å². The predicted octanol–water partition coefficient (Wildman–Crippen LogP) is 3.09. The molecule has 0 aliphatic heterocycles. The van der Waals surface area contributed by atoms with Gasteiger partial charge in [0.1, 0.15) is 0 Å². The number of H-pyrrole nitrogens is 1. The fourth-order valence-electron chi connectivity index (χ4n) is 2.35. The molecular formula is C18H17N5O3. The number of rotatable bonds is 4. The van der Waals surface area contributed by atoms with Crippen LogP contribution in [0.5, 0.6) is 0 Å². The molecular weight excluding hydrogens is 334 g/mol. The Hall–Kier alpha value is -3.81. The van der Waals surface area contributed by atoms with Gasteiger partial charge in [-0.3, -0.25) is 0 Å². The monoisotopic (exact) mass is 351 g/mol. The van der Waals surface area contributed by atoms with E-state index in [0.717, 1.165) is 11.3 Å². The standard InChI is InChI=1S/C18H17N5O3/c1-26-16(24)11-5-7-13(8-6-11)21-18(25)22-14-4-2-3-12(9-14)15-10-20-17(19)23-15/h2-10H,1H3,(H3,19,20,23)(H2,21,22,25). The summed E-state index contributed by atoms with van der Waals surface area (Å²) in [5.41, 5.74) is 8.75. The molecule has 26 heavy (non-hydrogen) atoms. The van der Waals surface area contributed by atoms with Crippen LogP contribution in [0.2, 0.25) is 0 Å². The van der Waals surface area contributed by atoms with Gasteiger partial charge in [-0.1, -0.05) is 12.1 Å². The Morgan fingerprint density at radius 2 is 1.81 bits per heavy atom. The molecule has 3 aromatic rings. The number of hydrogen-bond donors (Lipinski definition) is 4. The van der Waals surface area contributed by atoms with E-state index in [4.69, 9.17) is 5.73 Å². The number of urea groups is 1. The summed E-state index contributed by atoms with van der Waals surface area (Å²) in [4.78, 5) is 30.4. The number of aromatic nitrogens is 2. The van der Waals surface area contributed by atoms with E-state index in [1.807, 2.05) is 12.1 Å². The molecule has 0 aliphatic rings. The molecule has 0 spiro atoms. The highest BCUT2D eigenvalue weighted by atomic mass is 16.5. The molecule has 0 bridgehead atoms. The number of ether oxygens (including phenoxy) is 1. The topological polar surface area (TPSA) is 122 Å². The zero-order valence-electron chi connectivity index (χ0n) is 13.9. The molecule has 8 heteroatoms. The van der Waals surface area contributed by atoms with Crippen molar-refractivity contribution in [3.8, 4) is 11.3 Å². The Kier molecular flexibility index (Phi) is 4.84. The lowest BCUT2D eigenvalue weighted by atomic mass is 10.1. The normalized spacial score (nSPS) is 10.2. The van der Waals surface area contributed by atoms with Gasteiger partial charge in [0.2, 0.25) is 0 Å². The molecule has 0 aliphatic carbocycles. The summed E-state index contributed by atoms with van der Waals surface area (Å²) in [7, 11) is 1.31. The lowest BCUT2D eigenvalue weighted by Crippen LogP contribution is -2.19. The lowest BCUT2D eigenvalue weighted by Gasteiger charge is -2.09. The van der Waals surface area contributed by atoms with Crippen LogP contribution in [0.25, 0.3) is 11.3 Å². The van der Waals surface area contributed by atoms with E-state index in [2.05, 4.69) is 25.3 Å². The van der Waals surface area contributed by atoms with Crippen molar-refractivity contribution < 1.29 is 14.3 Å². The molecule has 2 aromatic carbocycles. The molecule has 1 aromatic heterocycles. The minimum Gasteiger partial charge on any atom is -0.465 e. The Bertz CT molecular complexity index is 934. The van der Waals surface area contributed by atoms with Gasteiger partial charge in [0.15, 0.2) is 5.95 Å². The molecule has 132 valence electrons. The number of esters is 1. The van der Waals surface area contributed by atoms with Crippen LogP contribution in [0.1, 0.15) is 10.4 Å². The van der Waals surface area contributed by atoms with Crippen LogP contribution in [0.4, 0.5) is 22.1 Å². The van der Waals surface area contributed by atoms with Gasteiger partial charge < -0.3 is 26.1 Å². The number of carbonyl (C=O) groups is 2. The maximum atomic E-state index is 12.2. The quantitative estimate of drug-likeness (QED) is 0.538. The van der Waals surface area contributed by atoms with Gasteiger partial charge >= 0.3 is 12.0 Å². The molecule has 0 saturated carbocycles. The second-order valence-corrected chi connectivity index (χ2v) is 5.41. The van der Waals surface area contributed by atoms with E-state index in [1.54, 1.807) is 42.6 Å².